The van der Waals surface area contributed by atoms with Crippen molar-refractivity contribution in [3.63, 3.8) is 0 Å². The van der Waals surface area contributed by atoms with Crippen LogP contribution in [0.25, 0.3) is 0 Å². The molecule has 2 saturated heterocycles. The monoisotopic (exact) mass is 491 g/mol. The van der Waals surface area contributed by atoms with Crippen molar-refractivity contribution >= 4 is 41.8 Å². The van der Waals surface area contributed by atoms with E-state index >= 15 is 0 Å². The van der Waals surface area contributed by atoms with Crippen LogP contribution in [0, 0.1) is 0 Å². The summed E-state index contributed by atoms with van der Waals surface area (Å²) in [7, 11) is 0. The first kappa shape index (κ1) is 22.4. The Morgan fingerprint density at radius 1 is 1.11 bits per heavy atom. The second-order valence-corrected chi connectivity index (χ2v) is 7.62. The molecule has 27 heavy (non-hydrogen) atoms. The van der Waals surface area contributed by atoms with E-state index in [4.69, 9.17) is 0 Å². The molecule has 7 nitrogen and oxygen atoms in total. The number of hydrogen-bond acceptors (Lipinski definition) is 4. The number of carbonyl (C=O) groups is 2. The van der Waals surface area contributed by atoms with Gasteiger partial charge in [-0.15, -0.1) is 24.0 Å². The van der Waals surface area contributed by atoms with Crippen molar-refractivity contribution in [3.05, 3.63) is 0 Å². The van der Waals surface area contributed by atoms with Gasteiger partial charge in [-0.2, -0.15) is 0 Å². The summed E-state index contributed by atoms with van der Waals surface area (Å²) in [5, 5.41) is 6.83. The molecule has 0 spiro atoms. The molecule has 3 fully saturated rings. The highest BCUT2D eigenvalue weighted by Gasteiger charge is 2.30. The zero-order chi connectivity index (χ0) is 18.4. The fraction of sp³-hybridized carbons (Fsp3) is 0.842. The van der Waals surface area contributed by atoms with Crippen LogP contribution >= 0.6 is 24.0 Å². The Morgan fingerprint density at radius 2 is 1.81 bits per heavy atom. The molecule has 0 radical (unpaired) electrons. The molecule has 2 N–H and O–H groups in total. The molecule has 3 aliphatic rings. The fourth-order valence-electron chi connectivity index (χ4n) is 4.33. The third-order valence-electron chi connectivity index (χ3n) is 5.72. The van der Waals surface area contributed by atoms with Crippen LogP contribution in [-0.2, 0) is 9.59 Å². The summed E-state index contributed by atoms with van der Waals surface area (Å²) in [6.45, 7) is 5.93. The molecule has 1 aliphatic carbocycles. The number of hydrogen-bond donors (Lipinski definition) is 2. The lowest BCUT2D eigenvalue weighted by Crippen LogP contribution is -2.46. The van der Waals surface area contributed by atoms with Crippen LogP contribution in [0.4, 0.5) is 0 Å². The maximum Gasteiger partial charge on any atom is 0.229 e. The normalized spacial score (nSPS) is 25.0. The number of nitrogens with one attached hydrogen (secondary N) is 2. The Kier molecular flexibility index (Phi) is 9.28. The second-order valence-electron chi connectivity index (χ2n) is 7.62. The van der Waals surface area contributed by atoms with E-state index < -0.39 is 0 Å². The summed E-state index contributed by atoms with van der Waals surface area (Å²) in [5.74, 6) is 0.678. The van der Waals surface area contributed by atoms with Crippen molar-refractivity contribution in [2.24, 2.45) is 4.99 Å². The van der Waals surface area contributed by atoms with E-state index in [-0.39, 0.29) is 35.8 Å². The molecule has 3 rings (SSSR count). The number of halogens is 1. The number of imide groups is 1. The van der Waals surface area contributed by atoms with Gasteiger partial charge >= 0.3 is 0 Å². The van der Waals surface area contributed by atoms with Crippen molar-refractivity contribution in [3.8, 4) is 0 Å². The van der Waals surface area contributed by atoms with Crippen LogP contribution in [0.15, 0.2) is 4.99 Å². The van der Waals surface area contributed by atoms with Crippen LogP contribution in [0.1, 0.15) is 58.3 Å². The summed E-state index contributed by atoms with van der Waals surface area (Å²) < 4.78 is 0. The van der Waals surface area contributed by atoms with Gasteiger partial charge in [0, 0.05) is 51.1 Å². The number of likely N-dealkylation sites (tertiary alicyclic amines) is 2. The number of aliphatic imine (C=N–C) groups is 1. The lowest BCUT2D eigenvalue weighted by Gasteiger charge is -2.25. The minimum Gasteiger partial charge on any atom is -0.357 e. The van der Waals surface area contributed by atoms with E-state index in [1.165, 1.54) is 37.1 Å². The van der Waals surface area contributed by atoms with Crippen molar-refractivity contribution < 1.29 is 9.59 Å². The van der Waals surface area contributed by atoms with Crippen LogP contribution in [0.3, 0.4) is 0 Å². The maximum atomic E-state index is 11.9. The van der Waals surface area contributed by atoms with Crippen LogP contribution in [0.5, 0.6) is 0 Å². The van der Waals surface area contributed by atoms with E-state index in [0.717, 1.165) is 31.5 Å². The van der Waals surface area contributed by atoms with Gasteiger partial charge in [-0.1, -0.05) is 12.8 Å². The number of guanidine groups is 1. The van der Waals surface area contributed by atoms with Crippen molar-refractivity contribution in [2.45, 2.75) is 70.4 Å². The molecule has 0 aromatic carbocycles. The molecule has 0 bridgehead atoms. The van der Waals surface area contributed by atoms with E-state index in [0.29, 0.717) is 38.4 Å². The summed E-state index contributed by atoms with van der Waals surface area (Å²) in [5.41, 5.74) is 0. The third-order valence-corrected chi connectivity index (χ3v) is 5.72. The highest BCUT2D eigenvalue weighted by atomic mass is 127. The number of rotatable bonds is 6. The molecule has 154 valence electrons. The van der Waals surface area contributed by atoms with Crippen molar-refractivity contribution in [2.75, 3.05) is 32.7 Å². The largest absolute Gasteiger partial charge is 0.357 e. The van der Waals surface area contributed by atoms with E-state index in [1.54, 1.807) is 0 Å². The molecular formula is C19H34IN5O2. The number of piperidine rings is 1. The minimum absolute atomic E-state index is 0. The van der Waals surface area contributed by atoms with Crippen molar-refractivity contribution in [1.82, 2.24) is 20.4 Å². The molecule has 2 aliphatic heterocycles. The quantitative estimate of drug-likeness (QED) is 0.256. The molecule has 2 heterocycles. The van der Waals surface area contributed by atoms with Gasteiger partial charge in [0.15, 0.2) is 5.96 Å². The van der Waals surface area contributed by atoms with Gasteiger partial charge < -0.3 is 10.6 Å². The number of amides is 2. The molecular weight excluding hydrogens is 457 g/mol. The third kappa shape index (κ3) is 6.30. The topological polar surface area (TPSA) is 77.0 Å². The minimum atomic E-state index is -0.0580. The zero-order valence-electron chi connectivity index (χ0n) is 16.4. The van der Waals surface area contributed by atoms with E-state index in [9.17, 15) is 9.59 Å². The molecule has 2 amide bonds. The number of carbonyl (C=O) groups excluding carboxylic acids is 2. The summed E-state index contributed by atoms with van der Waals surface area (Å²) in [6.07, 6.45) is 8.22. The fourth-order valence-corrected chi connectivity index (χ4v) is 4.33. The first-order valence-corrected chi connectivity index (χ1v) is 10.3. The average Bonchev–Trinajstić information content (AvgIpc) is 3.29. The lowest BCUT2D eigenvalue weighted by molar-refractivity contribution is -0.147. The molecule has 0 aromatic rings. The van der Waals surface area contributed by atoms with Gasteiger partial charge in [-0.05, 0) is 32.6 Å². The van der Waals surface area contributed by atoms with Gasteiger partial charge in [0.2, 0.25) is 11.8 Å². The molecule has 1 unspecified atom stereocenters. The highest BCUT2D eigenvalue weighted by molar-refractivity contribution is 14.0. The van der Waals surface area contributed by atoms with Gasteiger partial charge in [-0.3, -0.25) is 24.4 Å². The van der Waals surface area contributed by atoms with Gasteiger partial charge in [0.25, 0.3) is 0 Å². The van der Waals surface area contributed by atoms with Crippen LogP contribution < -0.4 is 10.6 Å². The van der Waals surface area contributed by atoms with Crippen LogP contribution in [-0.4, -0.2) is 72.4 Å². The Labute approximate surface area is 179 Å². The van der Waals surface area contributed by atoms with E-state index in [1.807, 2.05) is 6.92 Å². The summed E-state index contributed by atoms with van der Waals surface area (Å²) in [6, 6.07) is 1.20. The molecule has 8 heteroatoms. The van der Waals surface area contributed by atoms with Gasteiger partial charge in [0.05, 0.1) is 6.54 Å². The maximum absolute atomic E-state index is 11.9. The van der Waals surface area contributed by atoms with Gasteiger partial charge in [-0.25, -0.2) is 0 Å². The first-order valence-electron chi connectivity index (χ1n) is 10.3. The molecule has 1 atom stereocenters. The van der Waals surface area contributed by atoms with Crippen molar-refractivity contribution in [1.29, 1.82) is 0 Å². The Hall–Kier alpha value is -0.900. The number of nitrogens with zero attached hydrogens (tertiary/aromatic N) is 3. The second kappa shape index (κ2) is 11.2. The summed E-state index contributed by atoms with van der Waals surface area (Å²) in [4.78, 5) is 32.3. The predicted molar refractivity (Wildman–Crippen MR) is 117 cm³/mol. The Morgan fingerprint density at radius 3 is 2.48 bits per heavy atom. The predicted octanol–water partition coefficient (Wildman–Crippen LogP) is 1.72. The lowest BCUT2D eigenvalue weighted by atomic mass is 10.1. The van der Waals surface area contributed by atoms with E-state index in [2.05, 4.69) is 20.5 Å². The molecule has 1 saturated carbocycles. The average molecular weight is 491 g/mol. The van der Waals surface area contributed by atoms with Gasteiger partial charge in [0.1, 0.15) is 0 Å². The highest BCUT2D eigenvalue weighted by Crippen LogP contribution is 2.26. The Balaban J connectivity index is 0.00000261. The first-order chi connectivity index (χ1) is 12.7. The Bertz CT molecular complexity index is 520. The van der Waals surface area contributed by atoms with Crippen LogP contribution in [0.2, 0.25) is 0 Å². The summed E-state index contributed by atoms with van der Waals surface area (Å²) >= 11 is 0. The zero-order valence-corrected chi connectivity index (χ0v) is 18.7. The molecule has 0 aromatic heterocycles. The smallest absolute Gasteiger partial charge is 0.229 e. The standard InChI is InChI=1S/C19H33N5O2.HI/c1-2-20-19(21-11-13-24-17(25)8-5-9-18(24)26)22-15-10-12-23(14-15)16-6-3-4-7-16;/h15-16H,2-14H2,1H3,(H2,20,21,22);1H. The SMILES string of the molecule is CCNC(=NCCN1C(=O)CCCC1=O)NC1CCN(C2CCCC2)C1.I.